The van der Waals surface area contributed by atoms with Crippen LogP contribution in [0.2, 0.25) is 5.02 Å². The summed E-state index contributed by atoms with van der Waals surface area (Å²) >= 11 is 5.87. The van der Waals surface area contributed by atoms with E-state index in [2.05, 4.69) is 15.3 Å². The van der Waals surface area contributed by atoms with Crippen molar-refractivity contribution in [3.63, 3.8) is 0 Å². The third kappa shape index (κ3) is 2.85. The number of aliphatic carboxylic acids is 1. The molecule has 106 valence electrons. The molecule has 6 nitrogen and oxygen atoms in total. The Labute approximate surface area is 125 Å². The molecule has 0 atom stereocenters. The van der Waals surface area contributed by atoms with Crippen LogP contribution < -0.4 is 0 Å². The minimum Gasteiger partial charge on any atom is -0.481 e. The zero-order chi connectivity index (χ0) is 14.8. The summed E-state index contributed by atoms with van der Waals surface area (Å²) in [5, 5.41) is 21.8. The summed E-state index contributed by atoms with van der Waals surface area (Å²) in [6.07, 6.45) is 0.279. The van der Waals surface area contributed by atoms with E-state index < -0.39 is 5.97 Å². The van der Waals surface area contributed by atoms with Crippen molar-refractivity contribution in [3.8, 4) is 11.3 Å². The van der Waals surface area contributed by atoms with E-state index in [1.807, 2.05) is 18.2 Å². The Kier molecular flexibility index (Phi) is 3.53. The van der Waals surface area contributed by atoms with Crippen molar-refractivity contribution in [2.24, 2.45) is 0 Å². The van der Waals surface area contributed by atoms with Crippen LogP contribution in [0.3, 0.4) is 0 Å². The number of carboxylic acids is 1. The lowest BCUT2D eigenvalue weighted by Crippen LogP contribution is -2.04. The third-order valence-corrected chi connectivity index (χ3v) is 3.28. The van der Waals surface area contributed by atoms with Gasteiger partial charge >= 0.3 is 5.97 Å². The predicted octanol–water partition coefficient (Wildman–Crippen LogP) is 2.46. The van der Waals surface area contributed by atoms with Gasteiger partial charge in [0.15, 0.2) is 11.5 Å². The molecule has 0 saturated heterocycles. The number of hydrogen-bond donors (Lipinski definition) is 1. The van der Waals surface area contributed by atoms with Gasteiger partial charge in [-0.2, -0.15) is 9.61 Å². The quantitative estimate of drug-likeness (QED) is 0.800. The zero-order valence-corrected chi connectivity index (χ0v) is 11.7. The van der Waals surface area contributed by atoms with Gasteiger partial charge in [0.1, 0.15) is 0 Å². The SMILES string of the molecule is O=C(O)CCc1nnc2ccc(-c3ccc(Cl)cc3)nn12. The summed E-state index contributed by atoms with van der Waals surface area (Å²) in [4.78, 5) is 10.7. The second-order valence-corrected chi connectivity index (χ2v) is 4.94. The van der Waals surface area contributed by atoms with Crippen molar-refractivity contribution in [1.29, 1.82) is 0 Å². The van der Waals surface area contributed by atoms with Gasteiger partial charge in [0.25, 0.3) is 0 Å². The normalized spacial score (nSPS) is 10.9. The standard InChI is InChI=1S/C14H11ClN4O2/c15-10-3-1-9(2-4-10)11-5-6-12-16-17-13(19(12)18-11)7-8-14(20)21/h1-6H,7-8H2,(H,20,21). The van der Waals surface area contributed by atoms with E-state index in [1.165, 1.54) is 0 Å². The van der Waals surface area contributed by atoms with Crippen molar-refractivity contribution in [2.75, 3.05) is 0 Å². The number of aryl methyl sites for hydroxylation is 1. The first-order chi connectivity index (χ1) is 10.1. The Morgan fingerprint density at radius 3 is 2.62 bits per heavy atom. The zero-order valence-electron chi connectivity index (χ0n) is 10.9. The van der Waals surface area contributed by atoms with Gasteiger partial charge in [-0.05, 0) is 24.3 Å². The molecular formula is C14H11ClN4O2. The molecule has 7 heteroatoms. The topological polar surface area (TPSA) is 80.4 Å². The molecule has 0 amide bonds. The second-order valence-electron chi connectivity index (χ2n) is 4.51. The van der Waals surface area contributed by atoms with E-state index in [1.54, 1.807) is 22.7 Å². The molecule has 0 fully saturated rings. The monoisotopic (exact) mass is 302 g/mol. The molecule has 2 heterocycles. The molecule has 0 aliphatic heterocycles. The highest BCUT2D eigenvalue weighted by Gasteiger charge is 2.10. The van der Waals surface area contributed by atoms with Crippen LogP contribution in [-0.2, 0) is 11.2 Å². The van der Waals surface area contributed by atoms with Crippen LogP contribution in [-0.4, -0.2) is 30.9 Å². The summed E-state index contributed by atoms with van der Waals surface area (Å²) in [6.45, 7) is 0. The summed E-state index contributed by atoms with van der Waals surface area (Å²) in [5.41, 5.74) is 2.25. The fraction of sp³-hybridized carbons (Fsp3) is 0.143. The van der Waals surface area contributed by atoms with Crippen molar-refractivity contribution in [1.82, 2.24) is 19.8 Å². The van der Waals surface area contributed by atoms with Crippen molar-refractivity contribution < 1.29 is 9.90 Å². The molecule has 2 aromatic heterocycles. The van der Waals surface area contributed by atoms with E-state index in [0.29, 0.717) is 16.5 Å². The van der Waals surface area contributed by atoms with Gasteiger partial charge < -0.3 is 5.11 Å². The van der Waals surface area contributed by atoms with Gasteiger partial charge in [-0.3, -0.25) is 4.79 Å². The van der Waals surface area contributed by atoms with E-state index in [-0.39, 0.29) is 12.8 Å². The molecule has 0 radical (unpaired) electrons. The predicted molar refractivity (Wildman–Crippen MR) is 77.2 cm³/mol. The van der Waals surface area contributed by atoms with E-state index in [0.717, 1.165) is 11.3 Å². The van der Waals surface area contributed by atoms with Crippen LogP contribution in [0.1, 0.15) is 12.2 Å². The molecule has 3 aromatic rings. The number of benzene rings is 1. The smallest absolute Gasteiger partial charge is 0.303 e. The number of aromatic nitrogens is 4. The van der Waals surface area contributed by atoms with Gasteiger partial charge in [-0.15, -0.1) is 10.2 Å². The van der Waals surface area contributed by atoms with Crippen LogP contribution in [0.5, 0.6) is 0 Å². The highest BCUT2D eigenvalue weighted by Crippen LogP contribution is 2.20. The maximum Gasteiger partial charge on any atom is 0.303 e. The molecule has 0 aliphatic rings. The van der Waals surface area contributed by atoms with Crippen LogP contribution in [0.15, 0.2) is 36.4 Å². The Hall–Kier alpha value is -2.47. The largest absolute Gasteiger partial charge is 0.481 e. The molecule has 0 unspecified atom stereocenters. The molecule has 1 aromatic carbocycles. The third-order valence-electron chi connectivity index (χ3n) is 3.03. The van der Waals surface area contributed by atoms with Gasteiger partial charge in [-0.25, -0.2) is 0 Å². The molecule has 0 bridgehead atoms. The minimum atomic E-state index is -0.874. The average molecular weight is 303 g/mol. The molecule has 1 N–H and O–H groups in total. The number of carboxylic acid groups (broad SMARTS) is 1. The highest BCUT2D eigenvalue weighted by molar-refractivity contribution is 6.30. The molecular weight excluding hydrogens is 292 g/mol. The van der Waals surface area contributed by atoms with Crippen LogP contribution in [0.25, 0.3) is 16.9 Å². The van der Waals surface area contributed by atoms with Crippen molar-refractivity contribution in [2.45, 2.75) is 12.8 Å². The Bertz CT molecular complexity index is 798. The summed E-state index contributed by atoms with van der Waals surface area (Å²) in [6, 6.07) is 11.0. The van der Waals surface area contributed by atoms with Crippen LogP contribution in [0, 0.1) is 0 Å². The first kappa shape index (κ1) is 13.5. The maximum atomic E-state index is 10.7. The molecule has 21 heavy (non-hydrogen) atoms. The Balaban J connectivity index is 1.99. The second kappa shape index (κ2) is 5.49. The molecule has 0 spiro atoms. The lowest BCUT2D eigenvalue weighted by atomic mass is 10.1. The fourth-order valence-corrected chi connectivity index (χ4v) is 2.11. The number of carbonyl (C=O) groups is 1. The summed E-state index contributed by atoms with van der Waals surface area (Å²) in [7, 11) is 0. The lowest BCUT2D eigenvalue weighted by Gasteiger charge is -2.03. The van der Waals surface area contributed by atoms with Crippen molar-refractivity contribution in [3.05, 3.63) is 47.2 Å². The number of nitrogens with zero attached hydrogens (tertiary/aromatic N) is 4. The average Bonchev–Trinajstić information content (AvgIpc) is 2.88. The Morgan fingerprint density at radius 1 is 1.14 bits per heavy atom. The molecule has 3 rings (SSSR count). The number of rotatable bonds is 4. The fourth-order valence-electron chi connectivity index (χ4n) is 1.98. The molecule has 0 aliphatic carbocycles. The van der Waals surface area contributed by atoms with Gasteiger partial charge in [-0.1, -0.05) is 23.7 Å². The first-order valence-electron chi connectivity index (χ1n) is 6.32. The highest BCUT2D eigenvalue weighted by atomic mass is 35.5. The van der Waals surface area contributed by atoms with Crippen LogP contribution in [0.4, 0.5) is 0 Å². The van der Waals surface area contributed by atoms with E-state index in [4.69, 9.17) is 16.7 Å². The number of fused-ring (bicyclic) bond motifs is 1. The number of hydrogen-bond acceptors (Lipinski definition) is 4. The van der Waals surface area contributed by atoms with Crippen molar-refractivity contribution >= 4 is 23.2 Å². The van der Waals surface area contributed by atoms with Gasteiger partial charge in [0, 0.05) is 17.0 Å². The summed E-state index contributed by atoms with van der Waals surface area (Å²) in [5.74, 6) is -0.344. The Morgan fingerprint density at radius 2 is 1.90 bits per heavy atom. The number of halogens is 1. The van der Waals surface area contributed by atoms with Gasteiger partial charge in [0.2, 0.25) is 0 Å². The van der Waals surface area contributed by atoms with Crippen LogP contribution >= 0.6 is 11.6 Å². The summed E-state index contributed by atoms with van der Waals surface area (Å²) < 4.78 is 1.58. The van der Waals surface area contributed by atoms with E-state index in [9.17, 15) is 4.79 Å². The first-order valence-corrected chi connectivity index (χ1v) is 6.70. The van der Waals surface area contributed by atoms with Gasteiger partial charge in [0.05, 0.1) is 12.1 Å². The maximum absolute atomic E-state index is 10.7. The van der Waals surface area contributed by atoms with E-state index >= 15 is 0 Å². The molecule has 0 saturated carbocycles. The minimum absolute atomic E-state index is 0.00630. The lowest BCUT2D eigenvalue weighted by molar-refractivity contribution is -0.137.